The molecule has 0 saturated heterocycles. The zero-order valence-corrected chi connectivity index (χ0v) is 16.5. The highest BCUT2D eigenvalue weighted by Crippen LogP contribution is 2.06. The number of hydrogen-bond acceptors (Lipinski definition) is 4. The minimum absolute atomic E-state index is 0.216. The lowest BCUT2D eigenvalue weighted by Gasteiger charge is -2.02. The van der Waals surface area contributed by atoms with Gasteiger partial charge in [0.05, 0.1) is 12.4 Å². The van der Waals surface area contributed by atoms with Crippen molar-refractivity contribution in [3.8, 4) is 0 Å². The first-order chi connectivity index (χ1) is 14.5. The van der Waals surface area contributed by atoms with Crippen LogP contribution in [0, 0.1) is 11.6 Å². The molecule has 0 heterocycles. The summed E-state index contributed by atoms with van der Waals surface area (Å²) in [6.07, 6.45) is 6.39. The van der Waals surface area contributed by atoms with Crippen molar-refractivity contribution in [2.45, 2.75) is 38.5 Å². The Balaban J connectivity index is 1.50. The fourth-order valence-electron chi connectivity index (χ4n) is 2.57. The van der Waals surface area contributed by atoms with E-state index in [9.17, 15) is 18.4 Å². The van der Waals surface area contributed by atoms with Crippen molar-refractivity contribution in [2.75, 3.05) is 0 Å². The predicted molar refractivity (Wildman–Crippen MR) is 112 cm³/mol. The van der Waals surface area contributed by atoms with Crippen molar-refractivity contribution in [1.29, 1.82) is 0 Å². The number of rotatable bonds is 11. The number of hydrogen-bond donors (Lipinski definition) is 2. The molecule has 0 atom stereocenters. The minimum Gasteiger partial charge on any atom is -0.273 e. The Kier molecular flexibility index (Phi) is 9.85. The van der Waals surface area contributed by atoms with E-state index in [1.54, 1.807) is 24.3 Å². The molecule has 2 amide bonds. The van der Waals surface area contributed by atoms with E-state index in [0.717, 1.165) is 12.8 Å². The molecule has 0 aliphatic heterocycles. The molecule has 0 unspecified atom stereocenters. The van der Waals surface area contributed by atoms with Crippen LogP contribution in [0.5, 0.6) is 0 Å². The predicted octanol–water partition coefficient (Wildman–Crippen LogP) is 3.91. The highest BCUT2D eigenvalue weighted by Gasteiger charge is 2.02. The fourth-order valence-corrected chi connectivity index (χ4v) is 2.57. The molecule has 158 valence electrons. The summed E-state index contributed by atoms with van der Waals surface area (Å²) in [6, 6.07) is 11.8. The first kappa shape index (κ1) is 22.9. The van der Waals surface area contributed by atoms with E-state index in [0.29, 0.717) is 36.8 Å². The van der Waals surface area contributed by atoms with Crippen LogP contribution < -0.4 is 10.9 Å². The van der Waals surface area contributed by atoms with E-state index in [4.69, 9.17) is 0 Å². The van der Waals surface area contributed by atoms with Gasteiger partial charge in [0.25, 0.3) is 0 Å². The van der Waals surface area contributed by atoms with E-state index in [1.807, 2.05) is 0 Å². The van der Waals surface area contributed by atoms with Crippen LogP contribution in [0.15, 0.2) is 58.7 Å². The third-order valence-corrected chi connectivity index (χ3v) is 4.06. The van der Waals surface area contributed by atoms with Crippen LogP contribution in [0.25, 0.3) is 0 Å². The summed E-state index contributed by atoms with van der Waals surface area (Å²) in [5.74, 6) is -1.16. The van der Waals surface area contributed by atoms with Crippen LogP contribution in [-0.2, 0) is 9.59 Å². The molecule has 2 aromatic carbocycles. The third-order valence-electron chi connectivity index (χ3n) is 4.06. The van der Waals surface area contributed by atoms with Crippen molar-refractivity contribution in [3.63, 3.8) is 0 Å². The summed E-state index contributed by atoms with van der Waals surface area (Å²) in [6.45, 7) is 0. The van der Waals surface area contributed by atoms with Crippen LogP contribution in [0.2, 0.25) is 0 Å². The van der Waals surface area contributed by atoms with Crippen LogP contribution in [0.1, 0.15) is 49.7 Å². The van der Waals surface area contributed by atoms with Gasteiger partial charge < -0.3 is 0 Å². The molecule has 0 radical (unpaired) electrons. The number of unbranched alkanes of at least 4 members (excludes halogenated alkanes) is 3. The van der Waals surface area contributed by atoms with Gasteiger partial charge in [-0.05, 0) is 48.2 Å². The van der Waals surface area contributed by atoms with Gasteiger partial charge >= 0.3 is 0 Å². The standard InChI is InChI=1S/C22H24F2N4O2/c23-19-9-5-7-17(13-19)15-25-27-21(29)11-3-1-2-4-12-22(30)28-26-16-18-8-6-10-20(24)14-18/h5-10,13-16H,1-4,11-12H2,(H,27,29)(H,28,30)/b25-15+,26-16+. The summed E-state index contributed by atoms with van der Waals surface area (Å²) >= 11 is 0. The average Bonchev–Trinajstić information content (AvgIpc) is 2.71. The van der Waals surface area contributed by atoms with Crippen LogP contribution in [0.4, 0.5) is 8.78 Å². The number of carbonyl (C=O) groups excluding carboxylic acids is 2. The monoisotopic (exact) mass is 414 g/mol. The number of nitrogens with one attached hydrogen (secondary N) is 2. The van der Waals surface area contributed by atoms with Crippen molar-refractivity contribution in [2.24, 2.45) is 10.2 Å². The molecule has 0 fully saturated rings. The number of benzene rings is 2. The maximum Gasteiger partial charge on any atom is 0.240 e. The van der Waals surface area contributed by atoms with Crippen molar-refractivity contribution >= 4 is 24.2 Å². The first-order valence-electron chi connectivity index (χ1n) is 9.68. The van der Waals surface area contributed by atoms with Gasteiger partial charge in [0, 0.05) is 12.8 Å². The summed E-state index contributed by atoms with van der Waals surface area (Å²) in [5.41, 5.74) is 5.94. The van der Waals surface area contributed by atoms with Gasteiger partial charge in [-0.2, -0.15) is 10.2 Å². The van der Waals surface area contributed by atoms with E-state index in [1.165, 1.54) is 36.7 Å². The molecule has 0 bridgehead atoms. The molecule has 2 rings (SSSR count). The molecular formula is C22H24F2N4O2. The van der Waals surface area contributed by atoms with Gasteiger partial charge in [-0.15, -0.1) is 0 Å². The molecule has 0 spiro atoms. The van der Waals surface area contributed by atoms with E-state index < -0.39 is 0 Å². The van der Waals surface area contributed by atoms with Crippen molar-refractivity contribution in [1.82, 2.24) is 10.9 Å². The normalized spacial score (nSPS) is 11.1. The molecule has 2 N–H and O–H groups in total. The van der Waals surface area contributed by atoms with E-state index in [-0.39, 0.29) is 23.4 Å². The second kappa shape index (κ2) is 12.9. The third kappa shape index (κ3) is 9.68. The zero-order valence-electron chi connectivity index (χ0n) is 16.5. The molecule has 0 aliphatic rings. The molecule has 0 saturated carbocycles. The maximum absolute atomic E-state index is 13.0. The quantitative estimate of drug-likeness (QED) is 0.332. The number of hydrazone groups is 2. The Labute approximate surface area is 174 Å². The van der Waals surface area contributed by atoms with E-state index >= 15 is 0 Å². The zero-order chi connectivity index (χ0) is 21.6. The second-order valence-corrected chi connectivity index (χ2v) is 6.61. The first-order valence-corrected chi connectivity index (χ1v) is 9.68. The molecule has 30 heavy (non-hydrogen) atoms. The van der Waals surface area contributed by atoms with Crippen molar-refractivity contribution < 1.29 is 18.4 Å². The number of nitrogens with zero attached hydrogens (tertiary/aromatic N) is 2. The molecule has 0 aromatic heterocycles. The smallest absolute Gasteiger partial charge is 0.240 e. The Morgan fingerprint density at radius 3 is 1.57 bits per heavy atom. The topological polar surface area (TPSA) is 82.9 Å². The van der Waals surface area contributed by atoms with Crippen molar-refractivity contribution in [3.05, 3.63) is 71.3 Å². The van der Waals surface area contributed by atoms with Gasteiger partial charge in [-0.3, -0.25) is 9.59 Å². The van der Waals surface area contributed by atoms with Gasteiger partial charge in [0.15, 0.2) is 0 Å². The van der Waals surface area contributed by atoms with Gasteiger partial charge in [-0.1, -0.05) is 37.1 Å². The fraction of sp³-hybridized carbons (Fsp3) is 0.273. The summed E-state index contributed by atoms with van der Waals surface area (Å²) in [4.78, 5) is 23.4. The molecule has 6 nitrogen and oxygen atoms in total. The molecule has 8 heteroatoms. The lowest BCUT2D eigenvalue weighted by atomic mass is 10.1. The van der Waals surface area contributed by atoms with Crippen LogP contribution in [-0.4, -0.2) is 24.2 Å². The van der Waals surface area contributed by atoms with Crippen LogP contribution >= 0.6 is 0 Å². The molecular weight excluding hydrogens is 390 g/mol. The highest BCUT2D eigenvalue weighted by molar-refractivity contribution is 5.83. The Morgan fingerprint density at radius 1 is 0.733 bits per heavy atom. The Morgan fingerprint density at radius 2 is 1.17 bits per heavy atom. The highest BCUT2D eigenvalue weighted by atomic mass is 19.1. The van der Waals surface area contributed by atoms with Gasteiger partial charge in [0.2, 0.25) is 11.8 Å². The Bertz CT molecular complexity index is 827. The summed E-state index contributed by atoms with van der Waals surface area (Å²) < 4.78 is 26.0. The molecule has 2 aromatic rings. The maximum atomic E-state index is 13.0. The number of amides is 2. The minimum atomic E-state index is -0.364. The summed E-state index contributed by atoms with van der Waals surface area (Å²) in [7, 11) is 0. The van der Waals surface area contributed by atoms with Gasteiger partial charge in [0.1, 0.15) is 11.6 Å². The van der Waals surface area contributed by atoms with Crippen LogP contribution in [0.3, 0.4) is 0 Å². The molecule has 0 aliphatic carbocycles. The SMILES string of the molecule is O=C(CCCCCCC(=O)N/N=C/c1cccc(F)c1)N/N=C/c1cccc(F)c1. The lowest BCUT2D eigenvalue weighted by Crippen LogP contribution is -2.17. The number of halogens is 2. The Hall–Kier alpha value is -3.42. The summed E-state index contributed by atoms with van der Waals surface area (Å²) in [5, 5.41) is 7.60. The largest absolute Gasteiger partial charge is 0.273 e. The van der Waals surface area contributed by atoms with Gasteiger partial charge in [-0.25, -0.2) is 19.6 Å². The average molecular weight is 414 g/mol. The lowest BCUT2D eigenvalue weighted by molar-refractivity contribution is -0.122. The second-order valence-electron chi connectivity index (χ2n) is 6.61. The van der Waals surface area contributed by atoms with E-state index in [2.05, 4.69) is 21.1 Å². The number of carbonyl (C=O) groups is 2.